The molecule has 1 aliphatic rings. The third-order valence-corrected chi connectivity index (χ3v) is 3.80. The highest BCUT2D eigenvalue weighted by molar-refractivity contribution is 6.67. The number of halogens is 1. The highest BCUT2D eigenvalue weighted by Gasteiger charge is 2.20. The summed E-state index contributed by atoms with van der Waals surface area (Å²) in [6.45, 7) is 0.481. The number of hydrogen-bond donors (Lipinski definition) is 0. The predicted octanol–water partition coefficient (Wildman–Crippen LogP) is 3.93. The van der Waals surface area contributed by atoms with Crippen molar-refractivity contribution in [3.63, 3.8) is 0 Å². The number of rotatable bonds is 5. The second-order valence-corrected chi connectivity index (χ2v) is 5.37. The minimum Gasteiger partial charge on any atom is -0.487 e. The van der Waals surface area contributed by atoms with Crippen molar-refractivity contribution in [3.05, 3.63) is 33.9 Å². The molecule has 0 saturated heterocycles. The summed E-state index contributed by atoms with van der Waals surface area (Å²) >= 11 is 5.33. The number of carbonyl (C=O) groups is 1. The van der Waals surface area contributed by atoms with Gasteiger partial charge in [0.15, 0.2) is 5.75 Å². The predicted molar refractivity (Wildman–Crippen MR) is 75.3 cm³/mol. The molecule has 0 N–H and O–H groups in total. The average molecular weight is 298 g/mol. The number of carbonyl (C=O) groups excluding carboxylic acids is 1. The van der Waals surface area contributed by atoms with Gasteiger partial charge in [-0.1, -0.05) is 19.3 Å². The minimum absolute atomic E-state index is 0.100. The van der Waals surface area contributed by atoms with Crippen LogP contribution in [0.1, 0.15) is 42.5 Å². The van der Waals surface area contributed by atoms with Crippen molar-refractivity contribution >= 4 is 22.5 Å². The zero-order valence-electron chi connectivity index (χ0n) is 11.0. The van der Waals surface area contributed by atoms with E-state index in [9.17, 15) is 14.9 Å². The number of hydrogen-bond acceptors (Lipinski definition) is 4. The fraction of sp³-hybridized carbons (Fsp3) is 0.500. The molecule has 108 valence electrons. The summed E-state index contributed by atoms with van der Waals surface area (Å²) in [6.07, 6.45) is 5.84. The lowest BCUT2D eigenvalue weighted by Gasteiger charge is -2.21. The van der Waals surface area contributed by atoms with E-state index in [2.05, 4.69) is 0 Å². The van der Waals surface area contributed by atoms with E-state index in [1.807, 2.05) is 0 Å². The molecule has 0 radical (unpaired) electrons. The van der Waals surface area contributed by atoms with Gasteiger partial charge in [-0.3, -0.25) is 14.9 Å². The maximum Gasteiger partial charge on any atom is 0.311 e. The van der Waals surface area contributed by atoms with Gasteiger partial charge >= 0.3 is 5.69 Å². The van der Waals surface area contributed by atoms with Gasteiger partial charge in [0, 0.05) is 11.6 Å². The van der Waals surface area contributed by atoms with Crippen LogP contribution < -0.4 is 4.74 Å². The van der Waals surface area contributed by atoms with E-state index in [1.165, 1.54) is 31.4 Å². The van der Waals surface area contributed by atoms with E-state index >= 15 is 0 Å². The molecule has 0 heterocycles. The quantitative estimate of drug-likeness (QED) is 0.469. The van der Waals surface area contributed by atoms with E-state index in [0.29, 0.717) is 12.5 Å². The first kappa shape index (κ1) is 14.8. The molecule has 1 saturated carbocycles. The lowest BCUT2D eigenvalue weighted by Crippen LogP contribution is -2.15. The summed E-state index contributed by atoms with van der Waals surface area (Å²) < 4.78 is 5.58. The maximum atomic E-state index is 11.0. The molecule has 0 spiro atoms. The largest absolute Gasteiger partial charge is 0.487 e. The average Bonchev–Trinajstić information content (AvgIpc) is 2.45. The Balaban J connectivity index is 2.09. The maximum absolute atomic E-state index is 11.0. The molecule has 20 heavy (non-hydrogen) atoms. The Morgan fingerprint density at radius 1 is 1.35 bits per heavy atom. The number of nitrogens with zero attached hydrogens (tertiary/aromatic N) is 1. The highest BCUT2D eigenvalue weighted by atomic mass is 35.5. The molecule has 2 rings (SSSR count). The molecule has 6 heteroatoms. The van der Waals surface area contributed by atoms with Crippen LogP contribution in [0.5, 0.6) is 5.75 Å². The summed E-state index contributed by atoms with van der Waals surface area (Å²) in [5.41, 5.74) is -0.115. The van der Waals surface area contributed by atoms with Gasteiger partial charge in [-0.25, -0.2) is 0 Å². The van der Waals surface area contributed by atoms with Crippen LogP contribution in [0.4, 0.5) is 5.69 Å². The Hall–Kier alpha value is -1.62. The standard InChI is InChI=1S/C14H16ClNO4/c15-14(17)11-6-7-13(12(8-11)16(18)19)20-9-10-4-2-1-3-5-10/h6-8,10H,1-5,9H2. The normalized spacial score (nSPS) is 15.8. The fourth-order valence-corrected chi connectivity index (χ4v) is 2.58. The smallest absolute Gasteiger partial charge is 0.311 e. The SMILES string of the molecule is O=C(Cl)c1ccc(OCC2CCCCC2)c([N+](=O)[O-])c1. The Morgan fingerprint density at radius 2 is 2.05 bits per heavy atom. The first-order chi connectivity index (χ1) is 9.58. The molecule has 0 atom stereocenters. The zero-order valence-corrected chi connectivity index (χ0v) is 11.8. The topological polar surface area (TPSA) is 69.4 Å². The summed E-state index contributed by atoms with van der Waals surface area (Å²) in [4.78, 5) is 21.5. The number of nitro benzene ring substituents is 1. The second kappa shape index (κ2) is 6.70. The van der Waals surface area contributed by atoms with Crippen LogP contribution in [0.25, 0.3) is 0 Å². The Bertz CT molecular complexity index is 512. The molecule has 0 aromatic heterocycles. The summed E-state index contributed by atoms with van der Waals surface area (Å²) in [7, 11) is 0. The lowest BCUT2D eigenvalue weighted by molar-refractivity contribution is -0.385. The van der Waals surface area contributed by atoms with Crippen LogP contribution in [-0.2, 0) is 0 Å². The summed E-state index contributed by atoms with van der Waals surface area (Å²) in [6, 6.07) is 4.04. The lowest BCUT2D eigenvalue weighted by atomic mass is 9.90. The van der Waals surface area contributed by atoms with E-state index in [4.69, 9.17) is 16.3 Å². The van der Waals surface area contributed by atoms with Gasteiger partial charge < -0.3 is 4.74 Å². The van der Waals surface area contributed by atoms with E-state index < -0.39 is 10.2 Å². The van der Waals surface area contributed by atoms with Crippen LogP contribution in [0.2, 0.25) is 0 Å². The van der Waals surface area contributed by atoms with Crippen molar-refractivity contribution < 1.29 is 14.5 Å². The third kappa shape index (κ3) is 3.70. The molecule has 1 aliphatic carbocycles. The van der Waals surface area contributed by atoms with Crippen molar-refractivity contribution in [2.24, 2.45) is 5.92 Å². The molecule has 5 nitrogen and oxygen atoms in total. The molecule has 1 aromatic rings. The Kier molecular flexibility index (Phi) is 4.95. The number of benzene rings is 1. The molecule has 0 unspecified atom stereocenters. The van der Waals surface area contributed by atoms with Crippen LogP contribution >= 0.6 is 11.6 Å². The van der Waals surface area contributed by atoms with Crippen molar-refractivity contribution in [1.29, 1.82) is 0 Å². The summed E-state index contributed by atoms with van der Waals surface area (Å²) in [5.74, 6) is 0.653. The first-order valence-corrected chi connectivity index (χ1v) is 7.07. The Labute approximate surface area is 122 Å². The van der Waals surface area contributed by atoms with Crippen molar-refractivity contribution in [3.8, 4) is 5.75 Å². The van der Waals surface area contributed by atoms with Gasteiger partial charge in [-0.15, -0.1) is 0 Å². The first-order valence-electron chi connectivity index (χ1n) is 6.69. The van der Waals surface area contributed by atoms with E-state index in [1.54, 1.807) is 0 Å². The van der Waals surface area contributed by atoms with Gasteiger partial charge in [0.2, 0.25) is 0 Å². The van der Waals surface area contributed by atoms with Crippen LogP contribution in [0.3, 0.4) is 0 Å². The highest BCUT2D eigenvalue weighted by Crippen LogP contribution is 2.30. The zero-order chi connectivity index (χ0) is 14.5. The van der Waals surface area contributed by atoms with Crippen molar-refractivity contribution in [1.82, 2.24) is 0 Å². The monoisotopic (exact) mass is 297 g/mol. The number of nitro groups is 1. The van der Waals surface area contributed by atoms with Crippen molar-refractivity contribution in [2.75, 3.05) is 6.61 Å². The summed E-state index contributed by atoms with van der Waals surface area (Å²) in [5, 5.41) is 10.3. The van der Waals surface area contributed by atoms with E-state index in [0.717, 1.165) is 18.9 Å². The molecule has 1 aromatic carbocycles. The van der Waals surface area contributed by atoms with Gasteiger partial charge in [0.05, 0.1) is 11.5 Å². The van der Waals surface area contributed by atoms with Crippen molar-refractivity contribution in [2.45, 2.75) is 32.1 Å². The molecular weight excluding hydrogens is 282 g/mol. The molecule has 1 fully saturated rings. The van der Waals surface area contributed by atoms with Gasteiger partial charge in [-0.05, 0) is 42.5 Å². The Morgan fingerprint density at radius 3 is 2.65 bits per heavy atom. The van der Waals surface area contributed by atoms with Gasteiger partial charge in [0.1, 0.15) is 0 Å². The van der Waals surface area contributed by atoms with Crippen LogP contribution in [0.15, 0.2) is 18.2 Å². The van der Waals surface area contributed by atoms with Crippen LogP contribution in [0, 0.1) is 16.0 Å². The fourth-order valence-electron chi connectivity index (χ4n) is 2.47. The van der Waals surface area contributed by atoms with Gasteiger partial charge in [-0.2, -0.15) is 0 Å². The molecular formula is C14H16ClNO4. The van der Waals surface area contributed by atoms with E-state index in [-0.39, 0.29) is 17.0 Å². The molecule has 0 bridgehead atoms. The van der Waals surface area contributed by atoms with Crippen LogP contribution in [-0.4, -0.2) is 16.8 Å². The van der Waals surface area contributed by atoms with Gasteiger partial charge in [0.25, 0.3) is 5.24 Å². The third-order valence-electron chi connectivity index (χ3n) is 3.58. The number of ether oxygens (including phenoxy) is 1. The minimum atomic E-state index is -0.716. The second-order valence-electron chi connectivity index (χ2n) is 5.03. The molecule has 0 amide bonds. The molecule has 0 aliphatic heterocycles.